The number of hydrogen-bond acceptors (Lipinski definition) is 10. The number of aromatic nitrogens is 4. The summed E-state index contributed by atoms with van der Waals surface area (Å²) in [5.74, 6) is -1.35. The summed E-state index contributed by atoms with van der Waals surface area (Å²) in [6, 6.07) is 7.08. The van der Waals surface area contributed by atoms with Crippen molar-refractivity contribution in [3.63, 3.8) is 0 Å². The number of aliphatic hydroxyl groups excluding tert-OH is 1. The fourth-order valence-corrected chi connectivity index (χ4v) is 6.33. The summed E-state index contributed by atoms with van der Waals surface area (Å²) in [5, 5.41) is 31.2. The van der Waals surface area contributed by atoms with Crippen molar-refractivity contribution in [3.8, 4) is 22.5 Å². The maximum Gasteiger partial charge on any atom is 0.257 e. The molecule has 32 heavy (non-hydrogen) atoms. The van der Waals surface area contributed by atoms with Crippen LogP contribution >= 0.6 is 0 Å². The molecule has 1 atom stereocenters. The lowest BCUT2D eigenvalue weighted by Crippen LogP contribution is -2.22. The molecule has 3 aromatic rings. The number of sulfone groups is 1. The van der Waals surface area contributed by atoms with Gasteiger partial charge in [-0.2, -0.15) is 0 Å². The molecule has 0 radical (unpaired) electrons. The van der Waals surface area contributed by atoms with Crippen molar-refractivity contribution in [2.24, 2.45) is 10.9 Å². The van der Waals surface area contributed by atoms with Crippen molar-refractivity contribution in [3.05, 3.63) is 35.9 Å². The summed E-state index contributed by atoms with van der Waals surface area (Å²) in [6.45, 7) is -0.247. The summed E-state index contributed by atoms with van der Waals surface area (Å²) >= 11 is 0. The second-order valence-corrected chi connectivity index (χ2v) is 10.5. The molecule has 0 saturated heterocycles. The van der Waals surface area contributed by atoms with E-state index in [0.29, 0.717) is 5.56 Å². The van der Waals surface area contributed by atoms with Crippen LogP contribution in [0.3, 0.4) is 0 Å². The molecule has 1 aliphatic heterocycles. The van der Waals surface area contributed by atoms with Crippen LogP contribution in [0.4, 0.5) is 5.69 Å². The topological polar surface area (TPSA) is 224 Å². The fourth-order valence-electron chi connectivity index (χ4n) is 3.58. The number of rotatable bonds is 6. The Morgan fingerprint density at radius 3 is 2.47 bits per heavy atom. The first-order valence-corrected chi connectivity index (χ1v) is 12.2. The minimum absolute atomic E-state index is 0.158. The molecule has 0 saturated carbocycles. The van der Waals surface area contributed by atoms with Gasteiger partial charge in [-0.3, -0.25) is 4.79 Å². The second-order valence-electron chi connectivity index (χ2n) is 6.88. The Labute approximate surface area is 181 Å². The lowest BCUT2D eigenvalue weighted by Gasteiger charge is -2.17. The Bertz CT molecular complexity index is 1440. The standard InChI is InChI=1S/C17H17N7O6S2/c18-6-7-31(27,28)11-5-4-8(9-2-1-3-10-13(9)20-17(26)14(10)25)12(15(11)32(19,29)30)16-21-23-24-22-16/h1-5,14,25H,6-7,18H2,(H,20,26)(H2,19,29,30)(H,21,22,23,24). The molecule has 0 aliphatic carbocycles. The molecule has 1 unspecified atom stereocenters. The van der Waals surface area contributed by atoms with Crippen LogP contribution in [0.2, 0.25) is 0 Å². The van der Waals surface area contributed by atoms with E-state index in [2.05, 4.69) is 25.9 Å². The van der Waals surface area contributed by atoms with Gasteiger partial charge in [-0.05, 0) is 22.1 Å². The number of benzene rings is 2. The molecule has 1 amide bonds. The van der Waals surface area contributed by atoms with E-state index in [9.17, 15) is 26.7 Å². The van der Waals surface area contributed by atoms with Crippen LogP contribution in [0.1, 0.15) is 11.7 Å². The highest BCUT2D eigenvalue weighted by atomic mass is 32.2. The SMILES string of the molecule is NCCS(=O)(=O)c1ccc(-c2cccc3c2NC(=O)C3O)c(-c2nnn[nH]2)c1S(N)(=O)=O. The van der Waals surface area contributed by atoms with Crippen molar-refractivity contribution in [1.82, 2.24) is 20.6 Å². The van der Waals surface area contributed by atoms with Gasteiger partial charge in [0.25, 0.3) is 5.91 Å². The molecule has 1 aromatic heterocycles. The second kappa shape index (κ2) is 7.72. The van der Waals surface area contributed by atoms with Crippen molar-refractivity contribution >= 4 is 31.5 Å². The number of amides is 1. The number of para-hydroxylation sites is 1. The zero-order valence-electron chi connectivity index (χ0n) is 16.2. The molecule has 4 rings (SSSR count). The monoisotopic (exact) mass is 479 g/mol. The first-order valence-electron chi connectivity index (χ1n) is 9.05. The number of tetrazole rings is 1. The van der Waals surface area contributed by atoms with Crippen molar-refractivity contribution in [1.29, 1.82) is 0 Å². The number of carbonyl (C=O) groups is 1. The molecule has 2 aromatic carbocycles. The summed E-state index contributed by atoms with van der Waals surface area (Å²) in [6.07, 6.45) is -1.41. The summed E-state index contributed by atoms with van der Waals surface area (Å²) in [5.41, 5.74) is 6.14. The van der Waals surface area contributed by atoms with E-state index in [-0.39, 0.29) is 34.7 Å². The Balaban J connectivity index is 2.14. The van der Waals surface area contributed by atoms with Crippen LogP contribution in [0.25, 0.3) is 22.5 Å². The normalized spacial score (nSPS) is 16.1. The molecule has 7 N–H and O–H groups in total. The Morgan fingerprint density at radius 1 is 1.09 bits per heavy atom. The van der Waals surface area contributed by atoms with E-state index >= 15 is 0 Å². The number of carbonyl (C=O) groups excluding carboxylic acids is 1. The number of primary sulfonamides is 1. The van der Waals surface area contributed by atoms with E-state index in [1.54, 1.807) is 12.1 Å². The Hall–Kier alpha value is -3.24. The van der Waals surface area contributed by atoms with Gasteiger partial charge in [-0.15, -0.1) is 5.10 Å². The minimum Gasteiger partial charge on any atom is -0.378 e. The van der Waals surface area contributed by atoms with Gasteiger partial charge in [0.15, 0.2) is 21.8 Å². The predicted molar refractivity (Wildman–Crippen MR) is 111 cm³/mol. The van der Waals surface area contributed by atoms with E-state index in [4.69, 9.17) is 10.9 Å². The fraction of sp³-hybridized carbons (Fsp3) is 0.176. The third kappa shape index (κ3) is 3.55. The van der Waals surface area contributed by atoms with Gasteiger partial charge in [0, 0.05) is 23.2 Å². The van der Waals surface area contributed by atoms with Gasteiger partial charge in [-0.25, -0.2) is 27.1 Å². The average molecular weight is 480 g/mol. The van der Waals surface area contributed by atoms with E-state index in [1.165, 1.54) is 12.1 Å². The zero-order valence-corrected chi connectivity index (χ0v) is 17.8. The van der Waals surface area contributed by atoms with Gasteiger partial charge in [0.05, 0.1) is 16.3 Å². The molecule has 13 nitrogen and oxygen atoms in total. The number of fused-ring (bicyclic) bond motifs is 1. The number of sulfonamides is 1. The molecule has 0 bridgehead atoms. The van der Waals surface area contributed by atoms with E-state index < -0.39 is 47.4 Å². The van der Waals surface area contributed by atoms with Crippen molar-refractivity contribution < 1.29 is 26.7 Å². The molecular weight excluding hydrogens is 462 g/mol. The number of nitrogens with zero attached hydrogens (tertiary/aromatic N) is 3. The lowest BCUT2D eigenvalue weighted by atomic mass is 9.95. The Kier molecular flexibility index (Phi) is 5.30. The highest BCUT2D eigenvalue weighted by Gasteiger charge is 2.35. The van der Waals surface area contributed by atoms with Crippen molar-refractivity contribution in [2.75, 3.05) is 17.6 Å². The number of anilines is 1. The highest BCUT2D eigenvalue weighted by molar-refractivity contribution is 7.93. The minimum atomic E-state index is -4.63. The average Bonchev–Trinajstić information content (AvgIpc) is 3.35. The first-order chi connectivity index (χ1) is 15.1. The molecule has 1 aliphatic rings. The van der Waals surface area contributed by atoms with Gasteiger partial charge >= 0.3 is 0 Å². The molecule has 0 fully saturated rings. The predicted octanol–water partition coefficient (Wildman–Crippen LogP) is -1.10. The molecular formula is C17H17N7O6S2. The lowest BCUT2D eigenvalue weighted by molar-refractivity contribution is -0.123. The quantitative estimate of drug-likeness (QED) is 0.287. The molecule has 168 valence electrons. The zero-order chi connectivity index (χ0) is 23.3. The number of nitrogens with two attached hydrogens (primary N) is 2. The van der Waals surface area contributed by atoms with Crippen LogP contribution < -0.4 is 16.2 Å². The third-order valence-electron chi connectivity index (χ3n) is 4.89. The molecule has 15 heteroatoms. The third-order valence-corrected chi connectivity index (χ3v) is 7.79. The summed E-state index contributed by atoms with van der Waals surface area (Å²) in [7, 11) is -8.77. The first kappa shape index (κ1) is 22.0. The van der Waals surface area contributed by atoms with Crippen LogP contribution in [-0.4, -0.2) is 60.8 Å². The van der Waals surface area contributed by atoms with Crippen LogP contribution in [0, 0.1) is 0 Å². The largest absolute Gasteiger partial charge is 0.378 e. The smallest absolute Gasteiger partial charge is 0.257 e. The summed E-state index contributed by atoms with van der Waals surface area (Å²) in [4.78, 5) is 10.7. The van der Waals surface area contributed by atoms with E-state index in [1.807, 2.05) is 0 Å². The van der Waals surface area contributed by atoms with Crippen molar-refractivity contribution in [2.45, 2.75) is 15.9 Å². The van der Waals surface area contributed by atoms with E-state index in [0.717, 1.165) is 6.07 Å². The number of aromatic amines is 1. The number of nitrogens with one attached hydrogen (secondary N) is 2. The van der Waals surface area contributed by atoms with Crippen LogP contribution in [-0.2, 0) is 24.7 Å². The van der Waals surface area contributed by atoms with Gasteiger partial charge in [-0.1, -0.05) is 24.3 Å². The molecule has 2 heterocycles. The maximum atomic E-state index is 12.8. The maximum absolute atomic E-state index is 12.8. The van der Waals surface area contributed by atoms with Gasteiger partial charge < -0.3 is 16.2 Å². The highest BCUT2D eigenvalue weighted by Crippen LogP contribution is 2.44. The summed E-state index contributed by atoms with van der Waals surface area (Å²) < 4.78 is 50.8. The number of H-pyrrole nitrogens is 1. The number of aliphatic hydroxyl groups is 1. The van der Waals surface area contributed by atoms with Crippen LogP contribution in [0.15, 0.2) is 40.1 Å². The van der Waals surface area contributed by atoms with Gasteiger partial charge in [0.2, 0.25) is 10.0 Å². The molecule has 0 spiro atoms. The van der Waals surface area contributed by atoms with Crippen LogP contribution in [0.5, 0.6) is 0 Å². The van der Waals surface area contributed by atoms with Gasteiger partial charge in [0.1, 0.15) is 4.90 Å². The Morgan fingerprint density at radius 2 is 1.84 bits per heavy atom. The number of hydrogen-bond donors (Lipinski definition) is 5.